The molecular formula is C28H40N4O2. The van der Waals surface area contributed by atoms with Crippen molar-refractivity contribution in [3.8, 4) is 0 Å². The molecule has 3 aliphatic rings. The summed E-state index contributed by atoms with van der Waals surface area (Å²) in [5.41, 5.74) is 3.13. The molecule has 1 amide bonds. The number of hydrogen-bond donors (Lipinski definition) is 2. The zero-order valence-corrected chi connectivity index (χ0v) is 21.1. The summed E-state index contributed by atoms with van der Waals surface area (Å²) >= 11 is 0. The minimum Gasteiger partial charge on any atom is -0.396 e. The van der Waals surface area contributed by atoms with E-state index in [-0.39, 0.29) is 30.3 Å². The maximum absolute atomic E-state index is 13.5. The topological polar surface area (TPSA) is 80.0 Å². The van der Waals surface area contributed by atoms with Gasteiger partial charge in [0.2, 0.25) is 5.91 Å². The highest BCUT2D eigenvalue weighted by Crippen LogP contribution is 2.50. The Labute approximate surface area is 203 Å². The van der Waals surface area contributed by atoms with E-state index in [1.54, 1.807) is 0 Å². The number of carbonyl (C=O) groups excluding carboxylic acids is 1. The van der Waals surface area contributed by atoms with E-state index in [0.29, 0.717) is 18.4 Å². The van der Waals surface area contributed by atoms with Gasteiger partial charge in [-0.15, -0.1) is 10.2 Å². The zero-order chi connectivity index (χ0) is 24.0. The quantitative estimate of drug-likeness (QED) is 0.540. The molecule has 2 N–H and O–H groups in total. The number of hydrogen-bond acceptors (Lipinski definition) is 4. The van der Waals surface area contributed by atoms with E-state index in [2.05, 4.69) is 36.7 Å². The van der Waals surface area contributed by atoms with Gasteiger partial charge in [-0.25, -0.2) is 0 Å². The van der Waals surface area contributed by atoms with E-state index in [4.69, 9.17) is 10.2 Å². The molecule has 184 valence electrons. The first-order valence-electron chi connectivity index (χ1n) is 13.3. The Hall–Kier alpha value is -2.21. The van der Waals surface area contributed by atoms with Crippen LogP contribution in [0.3, 0.4) is 0 Å². The summed E-state index contributed by atoms with van der Waals surface area (Å²) in [6.45, 7) is 8.82. The third-order valence-electron chi connectivity index (χ3n) is 8.29. The van der Waals surface area contributed by atoms with E-state index < -0.39 is 0 Å². The average molecular weight is 465 g/mol. The number of amides is 1. The predicted octanol–water partition coefficient (Wildman–Crippen LogP) is 5.51. The first-order chi connectivity index (χ1) is 16.3. The molecule has 6 heteroatoms. The summed E-state index contributed by atoms with van der Waals surface area (Å²) in [7, 11) is 0. The van der Waals surface area contributed by atoms with Crippen molar-refractivity contribution < 1.29 is 9.90 Å². The summed E-state index contributed by atoms with van der Waals surface area (Å²) in [4.78, 5) is 13.5. The fraction of sp³-hybridized carbons (Fsp3) is 0.679. The number of benzene rings is 1. The smallest absolute Gasteiger partial charge is 0.228 e. The van der Waals surface area contributed by atoms with Gasteiger partial charge in [-0.05, 0) is 88.2 Å². The summed E-state index contributed by atoms with van der Waals surface area (Å²) < 4.78 is 2.41. The van der Waals surface area contributed by atoms with Gasteiger partial charge in [0.15, 0.2) is 0 Å². The van der Waals surface area contributed by atoms with Gasteiger partial charge in [0, 0.05) is 36.1 Å². The van der Waals surface area contributed by atoms with Crippen LogP contribution >= 0.6 is 0 Å². The molecule has 0 bridgehead atoms. The van der Waals surface area contributed by atoms with Crippen molar-refractivity contribution in [2.75, 3.05) is 11.9 Å². The van der Waals surface area contributed by atoms with Gasteiger partial charge in [-0.2, -0.15) is 0 Å². The monoisotopic (exact) mass is 464 g/mol. The summed E-state index contributed by atoms with van der Waals surface area (Å²) in [6, 6.07) is 6.61. The molecular weight excluding hydrogens is 424 g/mol. The Bertz CT molecular complexity index is 1040. The Morgan fingerprint density at radius 2 is 1.82 bits per heavy atom. The van der Waals surface area contributed by atoms with E-state index in [1.165, 1.54) is 37.7 Å². The van der Waals surface area contributed by atoms with Crippen LogP contribution in [-0.2, 0) is 4.79 Å². The highest BCUT2D eigenvalue weighted by atomic mass is 16.3. The van der Waals surface area contributed by atoms with Crippen LogP contribution in [-0.4, -0.2) is 32.4 Å². The molecule has 3 atom stereocenters. The predicted molar refractivity (Wildman–Crippen MR) is 134 cm³/mol. The number of aliphatic hydroxyl groups excluding tert-OH is 1. The first-order valence-corrected chi connectivity index (χ1v) is 13.3. The lowest BCUT2D eigenvalue weighted by atomic mass is 9.71. The molecule has 3 fully saturated rings. The highest BCUT2D eigenvalue weighted by molar-refractivity contribution is 5.94. The Balaban J connectivity index is 1.38. The third-order valence-corrected chi connectivity index (χ3v) is 8.29. The molecule has 0 aliphatic heterocycles. The number of nitrogens with zero attached hydrogens (tertiary/aromatic N) is 3. The largest absolute Gasteiger partial charge is 0.396 e. The van der Waals surface area contributed by atoms with E-state index >= 15 is 0 Å². The van der Waals surface area contributed by atoms with Crippen LogP contribution in [0.15, 0.2) is 18.2 Å². The van der Waals surface area contributed by atoms with E-state index in [0.717, 1.165) is 41.2 Å². The Kier molecular flexibility index (Phi) is 6.54. The SMILES string of the molecule is Cc1ccc(NC(=O)[C@H]2CC(CO)C[C@@H]2c2nnc([C@H]3C[C@@H](CC(C)C)C3)n2C2CC2)c(C)c1. The molecule has 1 heterocycles. The number of anilines is 1. The summed E-state index contributed by atoms with van der Waals surface area (Å²) in [6.07, 6.45) is 7.57. The normalized spacial score (nSPS) is 28.8. The van der Waals surface area contributed by atoms with Crippen LogP contribution in [0.25, 0.3) is 0 Å². The molecule has 3 saturated carbocycles. The second kappa shape index (κ2) is 9.44. The number of nitrogens with one attached hydrogen (secondary N) is 1. The molecule has 0 radical (unpaired) electrons. The second-order valence-electron chi connectivity index (χ2n) is 11.7. The van der Waals surface area contributed by atoms with Crippen molar-refractivity contribution in [2.45, 2.75) is 90.5 Å². The first kappa shape index (κ1) is 23.5. The van der Waals surface area contributed by atoms with Crippen LogP contribution < -0.4 is 5.32 Å². The number of aromatic nitrogens is 3. The van der Waals surface area contributed by atoms with Gasteiger partial charge in [-0.1, -0.05) is 31.5 Å². The maximum Gasteiger partial charge on any atom is 0.228 e. The molecule has 0 saturated heterocycles. The number of aliphatic hydroxyl groups is 1. The summed E-state index contributed by atoms with van der Waals surface area (Å²) in [5.74, 6) is 4.18. The van der Waals surface area contributed by atoms with Crippen LogP contribution in [0.5, 0.6) is 0 Å². The Morgan fingerprint density at radius 1 is 1.09 bits per heavy atom. The molecule has 1 aromatic heterocycles. The molecule has 3 aliphatic carbocycles. The molecule has 5 rings (SSSR count). The lowest BCUT2D eigenvalue weighted by Gasteiger charge is -2.36. The lowest BCUT2D eigenvalue weighted by Crippen LogP contribution is -2.28. The lowest BCUT2D eigenvalue weighted by molar-refractivity contribution is -0.120. The van der Waals surface area contributed by atoms with Crippen LogP contribution in [0.4, 0.5) is 5.69 Å². The average Bonchev–Trinajstić information content (AvgIpc) is 3.36. The maximum atomic E-state index is 13.5. The van der Waals surface area contributed by atoms with Crippen LogP contribution in [0.1, 0.15) is 99.4 Å². The minimum absolute atomic E-state index is 0.0105. The fourth-order valence-electron chi connectivity index (χ4n) is 6.41. The molecule has 1 aromatic carbocycles. The van der Waals surface area contributed by atoms with Crippen molar-refractivity contribution in [1.82, 2.24) is 14.8 Å². The number of rotatable bonds is 8. The van der Waals surface area contributed by atoms with E-state index in [9.17, 15) is 9.90 Å². The Morgan fingerprint density at radius 3 is 2.47 bits per heavy atom. The molecule has 1 unspecified atom stereocenters. The van der Waals surface area contributed by atoms with Gasteiger partial charge in [0.05, 0.1) is 0 Å². The van der Waals surface area contributed by atoms with Gasteiger partial charge < -0.3 is 15.0 Å². The third kappa shape index (κ3) is 4.66. The van der Waals surface area contributed by atoms with Crippen LogP contribution in [0.2, 0.25) is 0 Å². The number of aryl methyl sites for hydroxylation is 2. The van der Waals surface area contributed by atoms with Crippen LogP contribution in [0, 0.1) is 37.5 Å². The minimum atomic E-state index is -0.192. The highest BCUT2D eigenvalue weighted by Gasteiger charge is 2.45. The van der Waals surface area contributed by atoms with Gasteiger partial charge >= 0.3 is 0 Å². The van der Waals surface area contributed by atoms with Crippen molar-refractivity contribution >= 4 is 11.6 Å². The van der Waals surface area contributed by atoms with Crippen molar-refractivity contribution in [1.29, 1.82) is 0 Å². The van der Waals surface area contributed by atoms with E-state index in [1.807, 2.05) is 19.1 Å². The molecule has 6 nitrogen and oxygen atoms in total. The van der Waals surface area contributed by atoms with Crippen molar-refractivity contribution in [3.05, 3.63) is 41.0 Å². The summed E-state index contributed by atoms with van der Waals surface area (Å²) in [5, 5.41) is 22.6. The standard InChI is InChI=1S/C28H40N4O2/c1-16(2)9-19-11-21(12-19)26-30-31-27(32(26)22-6-7-22)23-13-20(15-33)14-24(23)28(34)29-25-8-5-17(3)10-18(25)4/h5,8,10,16,19-24,33H,6-7,9,11-15H2,1-4H3,(H,29,34)/t19-,20?,21+,23-,24-/m0/s1. The molecule has 34 heavy (non-hydrogen) atoms. The molecule has 0 spiro atoms. The van der Waals surface area contributed by atoms with Gasteiger partial charge in [0.1, 0.15) is 11.6 Å². The second-order valence-corrected chi connectivity index (χ2v) is 11.7. The van der Waals surface area contributed by atoms with Crippen molar-refractivity contribution in [3.63, 3.8) is 0 Å². The molecule has 2 aromatic rings. The van der Waals surface area contributed by atoms with Crippen molar-refractivity contribution in [2.24, 2.45) is 23.7 Å². The zero-order valence-electron chi connectivity index (χ0n) is 21.1. The van der Waals surface area contributed by atoms with Gasteiger partial charge in [-0.3, -0.25) is 4.79 Å². The fourth-order valence-corrected chi connectivity index (χ4v) is 6.41. The van der Waals surface area contributed by atoms with Gasteiger partial charge in [0.25, 0.3) is 0 Å². The number of carbonyl (C=O) groups is 1.